The van der Waals surface area contributed by atoms with Crippen LogP contribution in [0.15, 0.2) is 39.5 Å². The van der Waals surface area contributed by atoms with Crippen LogP contribution in [0, 0.1) is 0 Å². The summed E-state index contributed by atoms with van der Waals surface area (Å²) in [4.78, 5) is 25.2. The lowest BCUT2D eigenvalue weighted by atomic mass is 10.2. The van der Waals surface area contributed by atoms with E-state index in [0.29, 0.717) is 17.9 Å². The predicted molar refractivity (Wildman–Crippen MR) is 82.0 cm³/mol. The number of fused-ring (bicyclic) bond motifs is 1. The Morgan fingerprint density at radius 1 is 1.41 bits per heavy atom. The number of hydrogen-bond donors (Lipinski definition) is 1. The van der Waals surface area contributed by atoms with E-state index in [4.69, 9.17) is 9.15 Å². The molecule has 1 N–H and O–H groups in total. The zero-order valence-electron chi connectivity index (χ0n) is 12.4. The lowest BCUT2D eigenvalue weighted by Gasteiger charge is -2.33. The quantitative estimate of drug-likeness (QED) is 0.856. The van der Waals surface area contributed by atoms with Gasteiger partial charge in [0.25, 0.3) is 5.91 Å². The van der Waals surface area contributed by atoms with E-state index in [1.807, 2.05) is 11.8 Å². The fraction of sp³-hybridized carbons (Fsp3) is 0.375. The smallest absolute Gasteiger partial charge is 0.336 e. The number of carbonyl (C=O) groups is 1. The summed E-state index contributed by atoms with van der Waals surface area (Å²) in [6.45, 7) is 4.28. The third kappa shape index (κ3) is 3.12. The van der Waals surface area contributed by atoms with Gasteiger partial charge in [0.15, 0.2) is 6.61 Å². The fourth-order valence-corrected chi connectivity index (χ4v) is 2.57. The minimum atomic E-state index is -0.407. The summed E-state index contributed by atoms with van der Waals surface area (Å²) in [6, 6.07) is 8.42. The molecule has 1 aliphatic heterocycles. The van der Waals surface area contributed by atoms with Gasteiger partial charge in [-0.2, -0.15) is 0 Å². The zero-order chi connectivity index (χ0) is 15.5. The number of piperazine rings is 1. The van der Waals surface area contributed by atoms with Crippen molar-refractivity contribution in [1.82, 2.24) is 10.2 Å². The average Bonchev–Trinajstić information content (AvgIpc) is 2.52. The van der Waals surface area contributed by atoms with Gasteiger partial charge in [0.2, 0.25) is 0 Å². The highest BCUT2D eigenvalue weighted by Crippen LogP contribution is 2.19. The molecule has 6 heteroatoms. The van der Waals surface area contributed by atoms with E-state index in [-0.39, 0.29) is 18.6 Å². The monoisotopic (exact) mass is 302 g/mol. The molecule has 0 unspecified atom stereocenters. The average molecular weight is 302 g/mol. The predicted octanol–water partition coefficient (Wildman–Crippen LogP) is 0.992. The number of hydrogen-bond acceptors (Lipinski definition) is 5. The topological polar surface area (TPSA) is 71.8 Å². The molecule has 2 aromatic rings. The standard InChI is InChI=1S/C16H18N2O4/c1-11-9-17-6-7-18(11)15(19)10-21-13-4-2-12-3-5-16(20)22-14(12)8-13/h2-5,8,11,17H,6-7,9-10H2,1H3/t11-/m0/s1. The summed E-state index contributed by atoms with van der Waals surface area (Å²) in [6.07, 6.45) is 0. The Morgan fingerprint density at radius 2 is 2.23 bits per heavy atom. The van der Waals surface area contributed by atoms with Gasteiger partial charge in [-0.3, -0.25) is 4.79 Å². The van der Waals surface area contributed by atoms with Crippen molar-refractivity contribution in [2.75, 3.05) is 26.2 Å². The maximum Gasteiger partial charge on any atom is 0.336 e. The molecule has 1 aromatic carbocycles. The number of nitrogens with zero attached hydrogens (tertiary/aromatic N) is 1. The molecule has 1 saturated heterocycles. The maximum atomic E-state index is 12.2. The molecule has 0 spiro atoms. The normalized spacial score (nSPS) is 18.4. The molecule has 1 aliphatic rings. The van der Waals surface area contributed by atoms with Gasteiger partial charge in [0.1, 0.15) is 11.3 Å². The number of amides is 1. The first-order valence-corrected chi connectivity index (χ1v) is 7.30. The summed E-state index contributed by atoms with van der Waals surface area (Å²) in [5, 5.41) is 4.06. The van der Waals surface area contributed by atoms with Crippen molar-refractivity contribution in [1.29, 1.82) is 0 Å². The minimum Gasteiger partial charge on any atom is -0.484 e. The van der Waals surface area contributed by atoms with Crippen LogP contribution >= 0.6 is 0 Å². The number of carbonyl (C=O) groups excluding carboxylic acids is 1. The molecule has 0 aliphatic carbocycles. The van der Waals surface area contributed by atoms with Gasteiger partial charge in [-0.1, -0.05) is 0 Å². The maximum absolute atomic E-state index is 12.2. The zero-order valence-corrected chi connectivity index (χ0v) is 12.4. The molecule has 1 aromatic heterocycles. The van der Waals surface area contributed by atoms with Crippen LogP contribution in [0.25, 0.3) is 11.0 Å². The fourth-order valence-electron chi connectivity index (χ4n) is 2.57. The van der Waals surface area contributed by atoms with Crippen LogP contribution in [0.4, 0.5) is 0 Å². The van der Waals surface area contributed by atoms with Crippen LogP contribution in [-0.4, -0.2) is 43.1 Å². The molecule has 6 nitrogen and oxygen atoms in total. The molecule has 116 valence electrons. The van der Waals surface area contributed by atoms with Crippen LogP contribution in [0.2, 0.25) is 0 Å². The molecule has 0 bridgehead atoms. The first kappa shape index (κ1) is 14.6. The molecule has 1 atom stereocenters. The Bertz CT molecular complexity index is 740. The summed E-state index contributed by atoms with van der Waals surface area (Å²) < 4.78 is 10.6. The summed E-state index contributed by atoms with van der Waals surface area (Å²) >= 11 is 0. The van der Waals surface area contributed by atoms with Crippen LogP contribution in [0.1, 0.15) is 6.92 Å². The summed E-state index contributed by atoms with van der Waals surface area (Å²) in [5.74, 6) is 0.474. The summed E-state index contributed by atoms with van der Waals surface area (Å²) in [7, 11) is 0. The third-order valence-corrected chi connectivity index (χ3v) is 3.78. The second kappa shape index (κ2) is 6.19. The van der Waals surface area contributed by atoms with Crippen molar-refractivity contribution >= 4 is 16.9 Å². The lowest BCUT2D eigenvalue weighted by Crippen LogP contribution is -2.53. The molecule has 3 rings (SSSR count). The van der Waals surface area contributed by atoms with Gasteiger partial charge in [-0.05, 0) is 25.1 Å². The van der Waals surface area contributed by atoms with Gasteiger partial charge >= 0.3 is 5.63 Å². The van der Waals surface area contributed by atoms with Crippen molar-refractivity contribution < 1.29 is 13.9 Å². The Kier molecular flexibility index (Phi) is 4.11. The van der Waals surface area contributed by atoms with E-state index >= 15 is 0 Å². The van der Waals surface area contributed by atoms with Gasteiger partial charge < -0.3 is 19.4 Å². The van der Waals surface area contributed by atoms with Crippen molar-refractivity contribution in [3.05, 3.63) is 40.8 Å². The SMILES string of the molecule is C[C@H]1CNCCN1C(=O)COc1ccc2ccc(=O)oc2c1. The third-order valence-electron chi connectivity index (χ3n) is 3.78. The molecular formula is C16H18N2O4. The Balaban J connectivity index is 1.68. The van der Waals surface area contributed by atoms with Crippen LogP contribution in [0.5, 0.6) is 5.75 Å². The number of rotatable bonds is 3. The molecule has 0 radical (unpaired) electrons. The Morgan fingerprint density at radius 3 is 3.05 bits per heavy atom. The van der Waals surface area contributed by atoms with Crippen LogP contribution in [-0.2, 0) is 4.79 Å². The van der Waals surface area contributed by atoms with E-state index in [9.17, 15) is 9.59 Å². The Hall–Kier alpha value is -2.34. The molecular weight excluding hydrogens is 284 g/mol. The Labute approximate surface area is 127 Å². The molecule has 1 fully saturated rings. The molecule has 1 amide bonds. The van der Waals surface area contributed by atoms with Crippen molar-refractivity contribution in [2.24, 2.45) is 0 Å². The van der Waals surface area contributed by atoms with E-state index < -0.39 is 5.63 Å². The first-order valence-electron chi connectivity index (χ1n) is 7.30. The molecule has 2 heterocycles. The van der Waals surface area contributed by atoms with Crippen molar-refractivity contribution in [3.8, 4) is 5.75 Å². The highest BCUT2D eigenvalue weighted by atomic mass is 16.5. The molecule has 22 heavy (non-hydrogen) atoms. The number of ether oxygens (including phenoxy) is 1. The second-order valence-corrected chi connectivity index (χ2v) is 5.38. The van der Waals surface area contributed by atoms with E-state index in [1.165, 1.54) is 6.07 Å². The van der Waals surface area contributed by atoms with E-state index in [2.05, 4.69) is 5.32 Å². The number of nitrogens with one attached hydrogen (secondary N) is 1. The minimum absolute atomic E-state index is 0.0209. The molecule has 0 saturated carbocycles. The van der Waals surface area contributed by atoms with E-state index in [0.717, 1.165) is 18.5 Å². The number of benzene rings is 1. The highest BCUT2D eigenvalue weighted by molar-refractivity contribution is 5.79. The van der Waals surface area contributed by atoms with Gasteiger partial charge in [0.05, 0.1) is 0 Å². The van der Waals surface area contributed by atoms with Gasteiger partial charge in [-0.15, -0.1) is 0 Å². The van der Waals surface area contributed by atoms with Crippen LogP contribution in [0.3, 0.4) is 0 Å². The summed E-state index contributed by atoms with van der Waals surface area (Å²) in [5.41, 5.74) is 0.0448. The first-order chi connectivity index (χ1) is 10.6. The lowest BCUT2D eigenvalue weighted by molar-refractivity contribution is -0.136. The van der Waals surface area contributed by atoms with Crippen LogP contribution < -0.4 is 15.7 Å². The van der Waals surface area contributed by atoms with E-state index in [1.54, 1.807) is 24.3 Å². The largest absolute Gasteiger partial charge is 0.484 e. The van der Waals surface area contributed by atoms with Crippen molar-refractivity contribution in [3.63, 3.8) is 0 Å². The van der Waals surface area contributed by atoms with Gasteiger partial charge in [0, 0.05) is 43.2 Å². The highest BCUT2D eigenvalue weighted by Gasteiger charge is 2.23. The van der Waals surface area contributed by atoms with Crippen molar-refractivity contribution in [2.45, 2.75) is 13.0 Å². The second-order valence-electron chi connectivity index (χ2n) is 5.38. The van der Waals surface area contributed by atoms with Gasteiger partial charge in [-0.25, -0.2) is 4.79 Å².